The number of hydrogen-bond acceptors (Lipinski definition) is 2. The molecule has 0 unspecified atom stereocenters. The van der Waals surface area contributed by atoms with Gasteiger partial charge < -0.3 is 9.67 Å². The Hall–Kier alpha value is -0.830. The maximum atomic E-state index is 8.90. The Morgan fingerprint density at radius 3 is 2.77 bits per heavy atom. The zero-order chi connectivity index (χ0) is 9.31. The molecule has 0 aliphatic heterocycles. The number of aromatic nitrogens is 2. The van der Waals surface area contributed by atoms with Crippen LogP contribution in [0, 0.1) is 0 Å². The average molecular weight is 180 g/mol. The molecule has 3 nitrogen and oxygen atoms in total. The quantitative estimate of drug-likeness (QED) is 0.751. The summed E-state index contributed by atoms with van der Waals surface area (Å²) in [7, 11) is 0. The Bertz CT molecular complexity index is 287. The summed E-state index contributed by atoms with van der Waals surface area (Å²) in [6.07, 6.45) is 8.89. The fourth-order valence-electron chi connectivity index (χ4n) is 2.14. The van der Waals surface area contributed by atoms with Crippen molar-refractivity contribution in [2.24, 2.45) is 0 Å². The number of nitrogens with zero attached hydrogens (tertiary/aromatic N) is 2. The molecule has 72 valence electrons. The van der Waals surface area contributed by atoms with E-state index < -0.39 is 0 Å². The monoisotopic (exact) mass is 180 g/mol. The topological polar surface area (TPSA) is 38.0 Å². The van der Waals surface area contributed by atoms with Crippen LogP contribution < -0.4 is 0 Å². The highest BCUT2D eigenvalue weighted by atomic mass is 16.3. The molecule has 1 aliphatic carbocycles. The molecule has 0 aromatic carbocycles. The van der Waals surface area contributed by atoms with E-state index in [4.69, 9.17) is 5.11 Å². The Morgan fingerprint density at radius 2 is 2.23 bits per heavy atom. The van der Waals surface area contributed by atoms with Gasteiger partial charge in [0.05, 0.1) is 18.6 Å². The summed E-state index contributed by atoms with van der Waals surface area (Å²) in [4.78, 5) is 4.14. The average Bonchev–Trinajstić information content (AvgIpc) is 2.72. The molecule has 0 saturated heterocycles. The van der Waals surface area contributed by atoms with Gasteiger partial charge in [0, 0.05) is 11.7 Å². The fourth-order valence-corrected chi connectivity index (χ4v) is 2.14. The maximum absolute atomic E-state index is 8.90. The van der Waals surface area contributed by atoms with Crippen LogP contribution in [0.2, 0.25) is 0 Å². The fraction of sp³-hybridized carbons (Fsp3) is 0.700. The van der Waals surface area contributed by atoms with Crippen molar-refractivity contribution in [1.29, 1.82) is 0 Å². The summed E-state index contributed by atoms with van der Waals surface area (Å²) in [5.74, 6) is 0. The lowest BCUT2D eigenvalue weighted by molar-refractivity contribution is 0.276. The molecule has 1 heterocycles. The molecule has 1 aromatic heterocycles. The molecule has 13 heavy (non-hydrogen) atoms. The van der Waals surface area contributed by atoms with Crippen molar-refractivity contribution in [3.05, 3.63) is 18.2 Å². The minimum Gasteiger partial charge on any atom is -0.390 e. The Balaban J connectivity index is 2.23. The smallest absolute Gasteiger partial charge is 0.0955 e. The van der Waals surface area contributed by atoms with Crippen molar-refractivity contribution >= 4 is 0 Å². The highest BCUT2D eigenvalue weighted by Crippen LogP contribution is 2.35. The van der Waals surface area contributed by atoms with Gasteiger partial charge in [-0.15, -0.1) is 0 Å². The molecule has 0 bridgehead atoms. The second-order valence-corrected chi connectivity index (χ2v) is 4.13. The van der Waals surface area contributed by atoms with Gasteiger partial charge in [0.25, 0.3) is 0 Å². The normalized spacial score (nSPS) is 20.8. The summed E-state index contributed by atoms with van der Waals surface area (Å²) in [5.41, 5.74) is 1.02. The lowest BCUT2D eigenvalue weighted by Gasteiger charge is -2.25. The zero-order valence-corrected chi connectivity index (χ0v) is 8.03. The van der Waals surface area contributed by atoms with E-state index in [9.17, 15) is 0 Å². The first-order valence-corrected chi connectivity index (χ1v) is 4.89. The van der Waals surface area contributed by atoms with Gasteiger partial charge in [-0.05, 0) is 19.8 Å². The lowest BCUT2D eigenvalue weighted by Crippen LogP contribution is -2.24. The Labute approximate surface area is 78.4 Å². The van der Waals surface area contributed by atoms with Gasteiger partial charge in [-0.25, -0.2) is 4.98 Å². The van der Waals surface area contributed by atoms with E-state index in [1.54, 1.807) is 0 Å². The van der Waals surface area contributed by atoms with E-state index in [0.717, 1.165) is 5.69 Å². The van der Waals surface area contributed by atoms with Gasteiger partial charge >= 0.3 is 0 Å². The molecule has 1 aromatic rings. The van der Waals surface area contributed by atoms with E-state index >= 15 is 0 Å². The molecule has 0 amide bonds. The Morgan fingerprint density at radius 1 is 1.54 bits per heavy atom. The Kier molecular flexibility index (Phi) is 2.12. The van der Waals surface area contributed by atoms with Crippen LogP contribution in [0.5, 0.6) is 0 Å². The molecular formula is C10H16N2O. The van der Waals surface area contributed by atoms with Gasteiger partial charge in [0.2, 0.25) is 0 Å². The minimum absolute atomic E-state index is 0.0447. The third kappa shape index (κ3) is 1.48. The second kappa shape index (κ2) is 3.14. The van der Waals surface area contributed by atoms with Crippen LogP contribution in [-0.2, 0) is 12.1 Å². The van der Waals surface area contributed by atoms with E-state index in [0.29, 0.717) is 0 Å². The van der Waals surface area contributed by atoms with Gasteiger partial charge in [0.1, 0.15) is 0 Å². The summed E-state index contributed by atoms with van der Waals surface area (Å²) < 4.78 is 2.16. The van der Waals surface area contributed by atoms with E-state index in [-0.39, 0.29) is 12.1 Å². The molecule has 0 radical (unpaired) electrons. The number of imidazole rings is 1. The van der Waals surface area contributed by atoms with Gasteiger partial charge in [-0.2, -0.15) is 0 Å². The van der Waals surface area contributed by atoms with Crippen LogP contribution in [0.4, 0.5) is 0 Å². The third-order valence-electron chi connectivity index (χ3n) is 3.10. The number of aliphatic hydroxyl groups excluding tert-OH is 1. The first-order valence-electron chi connectivity index (χ1n) is 4.89. The lowest BCUT2D eigenvalue weighted by atomic mass is 10.0. The van der Waals surface area contributed by atoms with Crippen molar-refractivity contribution in [2.75, 3.05) is 0 Å². The van der Waals surface area contributed by atoms with Gasteiger partial charge in [0.15, 0.2) is 0 Å². The predicted molar refractivity (Wildman–Crippen MR) is 50.3 cm³/mol. The van der Waals surface area contributed by atoms with Crippen LogP contribution in [0.25, 0.3) is 0 Å². The van der Waals surface area contributed by atoms with Crippen LogP contribution in [0.3, 0.4) is 0 Å². The van der Waals surface area contributed by atoms with Gasteiger partial charge in [-0.1, -0.05) is 12.8 Å². The molecule has 1 saturated carbocycles. The highest BCUT2D eigenvalue weighted by Gasteiger charge is 2.30. The van der Waals surface area contributed by atoms with Gasteiger partial charge in [-0.3, -0.25) is 0 Å². The molecule has 1 aliphatic rings. The van der Waals surface area contributed by atoms with Crippen LogP contribution >= 0.6 is 0 Å². The highest BCUT2D eigenvalue weighted by molar-refractivity contribution is 5.00. The molecule has 1 fully saturated rings. The molecule has 0 atom stereocenters. The standard InChI is InChI=1S/C10H16N2O/c1-10(4-2-3-5-10)12-6-9(7-13)11-8-12/h6,8,13H,2-5,7H2,1H3. The number of aliphatic hydroxyl groups is 1. The van der Waals surface area contributed by atoms with Crippen LogP contribution in [-0.4, -0.2) is 14.7 Å². The first-order chi connectivity index (χ1) is 6.24. The van der Waals surface area contributed by atoms with Crippen molar-refractivity contribution in [1.82, 2.24) is 9.55 Å². The SMILES string of the molecule is CC1(n2cnc(CO)c2)CCCC1. The molecule has 0 spiro atoms. The first kappa shape index (κ1) is 8.75. The molecule has 2 rings (SSSR count). The summed E-state index contributed by atoms with van der Waals surface area (Å²) in [6.45, 7) is 2.31. The van der Waals surface area contributed by atoms with Crippen LogP contribution in [0.15, 0.2) is 12.5 Å². The number of rotatable bonds is 2. The maximum Gasteiger partial charge on any atom is 0.0955 e. The predicted octanol–water partition coefficient (Wildman–Crippen LogP) is 1.66. The second-order valence-electron chi connectivity index (χ2n) is 4.13. The van der Waals surface area contributed by atoms with Crippen molar-refractivity contribution in [2.45, 2.75) is 44.8 Å². The van der Waals surface area contributed by atoms with Crippen LogP contribution in [0.1, 0.15) is 38.3 Å². The largest absolute Gasteiger partial charge is 0.390 e. The molecule has 3 heteroatoms. The summed E-state index contributed by atoms with van der Waals surface area (Å²) >= 11 is 0. The van der Waals surface area contributed by atoms with Crippen molar-refractivity contribution in [3.8, 4) is 0 Å². The minimum atomic E-state index is 0.0447. The summed E-state index contributed by atoms with van der Waals surface area (Å²) in [6, 6.07) is 0. The van der Waals surface area contributed by atoms with E-state index in [1.165, 1.54) is 25.7 Å². The number of hydrogen-bond donors (Lipinski definition) is 1. The zero-order valence-electron chi connectivity index (χ0n) is 8.03. The van der Waals surface area contributed by atoms with Crippen molar-refractivity contribution in [3.63, 3.8) is 0 Å². The van der Waals surface area contributed by atoms with E-state index in [2.05, 4.69) is 16.5 Å². The summed E-state index contributed by atoms with van der Waals surface area (Å²) in [5, 5.41) is 8.90. The van der Waals surface area contributed by atoms with E-state index in [1.807, 2.05) is 12.5 Å². The van der Waals surface area contributed by atoms with Crippen molar-refractivity contribution < 1.29 is 5.11 Å². The third-order valence-corrected chi connectivity index (χ3v) is 3.10. The molecule has 1 N–H and O–H groups in total. The molecular weight excluding hydrogens is 164 g/mol.